The number of carbonyl (C=O) groups excluding carboxylic acids is 2. The number of halogens is 2. The van der Waals surface area contributed by atoms with Crippen molar-refractivity contribution in [3.63, 3.8) is 0 Å². The molecular weight excluding hydrogens is 577 g/mol. The number of para-hydroxylation sites is 2. The first-order valence-electron chi connectivity index (χ1n) is 12.6. The summed E-state index contributed by atoms with van der Waals surface area (Å²) >= 11 is 7.77. The largest absolute Gasteiger partial charge is 0.482 e. The highest BCUT2D eigenvalue weighted by Crippen LogP contribution is 2.28. The van der Waals surface area contributed by atoms with Crippen molar-refractivity contribution in [3.05, 3.63) is 124 Å². The van der Waals surface area contributed by atoms with E-state index in [1.807, 2.05) is 47.8 Å². The molecule has 0 unspecified atom stereocenters. The van der Waals surface area contributed by atoms with E-state index in [9.17, 15) is 14.0 Å². The smallest absolute Gasteiger partial charge is 0.271 e. The van der Waals surface area contributed by atoms with E-state index in [0.717, 1.165) is 22.1 Å². The Labute approximate surface area is 249 Å². The van der Waals surface area contributed by atoms with Crippen LogP contribution in [0.5, 0.6) is 5.75 Å². The number of thiazole rings is 1. The van der Waals surface area contributed by atoms with Gasteiger partial charge in [0.15, 0.2) is 11.7 Å². The van der Waals surface area contributed by atoms with Crippen LogP contribution in [-0.2, 0) is 4.79 Å². The van der Waals surface area contributed by atoms with Gasteiger partial charge in [0.1, 0.15) is 11.6 Å². The van der Waals surface area contributed by atoms with Gasteiger partial charge in [0.05, 0.1) is 22.6 Å². The summed E-state index contributed by atoms with van der Waals surface area (Å²) in [5.74, 6) is -1.19. The van der Waals surface area contributed by atoms with Crippen molar-refractivity contribution in [1.82, 2.24) is 10.4 Å². The summed E-state index contributed by atoms with van der Waals surface area (Å²) in [6, 6.07) is 27.5. The Morgan fingerprint density at radius 3 is 2.50 bits per heavy atom. The van der Waals surface area contributed by atoms with E-state index in [2.05, 4.69) is 26.1 Å². The number of hydrogen-bond donors (Lipinski definition) is 3. The van der Waals surface area contributed by atoms with Crippen molar-refractivity contribution in [1.29, 1.82) is 0 Å². The van der Waals surface area contributed by atoms with Crippen molar-refractivity contribution in [2.24, 2.45) is 5.10 Å². The topological polar surface area (TPSA) is 105 Å². The molecule has 1 aromatic heterocycles. The van der Waals surface area contributed by atoms with Gasteiger partial charge in [-0.3, -0.25) is 9.59 Å². The molecule has 210 valence electrons. The van der Waals surface area contributed by atoms with Crippen molar-refractivity contribution in [2.75, 3.05) is 17.2 Å². The summed E-state index contributed by atoms with van der Waals surface area (Å²) < 4.78 is 19.1. The first kappa shape index (κ1) is 28.5. The molecular formula is C31H23ClFN5O3S. The van der Waals surface area contributed by atoms with Crippen LogP contribution in [0, 0.1) is 5.82 Å². The Morgan fingerprint density at radius 1 is 0.976 bits per heavy atom. The van der Waals surface area contributed by atoms with Gasteiger partial charge in [0.25, 0.3) is 11.8 Å². The minimum atomic E-state index is -0.543. The lowest BCUT2D eigenvalue weighted by molar-refractivity contribution is -0.118. The van der Waals surface area contributed by atoms with Crippen LogP contribution in [0.4, 0.5) is 20.9 Å². The van der Waals surface area contributed by atoms with Crippen molar-refractivity contribution in [2.45, 2.75) is 0 Å². The van der Waals surface area contributed by atoms with Crippen molar-refractivity contribution >= 4 is 57.5 Å². The van der Waals surface area contributed by atoms with E-state index in [1.165, 1.54) is 35.8 Å². The number of nitrogens with one attached hydrogen (secondary N) is 3. The normalized spacial score (nSPS) is 10.8. The predicted molar refractivity (Wildman–Crippen MR) is 164 cm³/mol. The molecule has 2 amide bonds. The summed E-state index contributed by atoms with van der Waals surface area (Å²) in [5, 5.41) is 12.7. The Hall–Kier alpha value is -5.06. The number of anilines is 3. The van der Waals surface area contributed by atoms with E-state index < -0.39 is 11.7 Å². The number of aromatic nitrogens is 1. The Morgan fingerprint density at radius 2 is 1.74 bits per heavy atom. The zero-order valence-corrected chi connectivity index (χ0v) is 23.5. The van der Waals surface area contributed by atoms with Crippen LogP contribution in [0.15, 0.2) is 108 Å². The molecule has 0 spiro atoms. The molecule has 0 aliphatic heterocycles. The second-order valence-corrected chi connectivity index (χ2v) is 10.1. The zero-order chi connectivity index (χ0) is 29.3. The molecule has 1 heterocycles. The lowest BCUT2D eigenvalue weighted by Gasteiger charge is -2.09. The number of benzene rings is 4. The first-order valence-corrected chi connectivity index (χ1v) is 13.9. The fraction of sp³-hybridized carbons (Fsp3) is 0.0323. The van der Waals surface area contributed by atoms with Crippen molar-refractivity contribution in [3.8, 4) is 17.0 Å². The third-order valence-corrected chi connectivity index (χ3v) is 6.87. The molecule has 3 N–H and O–H groups in total. The van der Waals surface area contributed by atoms with Gasteiger partial charge in [-0.15, -0.1) is 11.3 Å². The molecule has 0 saturated heterocycles. The highest BCUT2D eigenvalue weighted by atomic mass is 35.5. The van der Waals surface area contributed by atoms with Gasteiger partial charge in [0, 0.05) is 22.2 Å². The maximum absolute atomic E-state index is 13.7. The van der Waals surface area contributed by atoms with Crippen molar-refractivity contribution < 1.29 is 18.7 Å². The van der Waals surface area contributed by atoms with Crippen LogP contribution in [0.25, 0.3) is 11.3 Å². The number of ether oxygens (including phenoxy) is 1. The average Bonchev–Trinajstić information content (AvgIpc) is 3.47. The SMILES string of the molecule is O=C(COc1ccc(/C=N/NC(=O)c2ccc(-c3csc(Nc4ccccc4)n3)cc2)cc1Cl)Nc1ccccc1F. The molecule has 4 aromatic carbocycles. The van der Waals surface area contributed by atoms with Gasteiger partial charge in [0.2, 0.25) is 0 Å². The second-order valence-electron chi connectivity index (χ2n) is 8.81. The summed E-state index contributed by atoms with van der Waals surface area (Å²) in [4.78, 5) is 29.3. The molecule has 0 aliphatic carbocycles. The third kappa shape index (κ3) is 7.57. The number of amides is 2. The fourth-order valence-electron chi connectivity index (χ4n) is 3.74. The maximum atomic E-state index is 13.7. The van der Waals surface area contributed by atoms with E-state index in [-0.39, 0.29) is 29.0 Å². The summed E-state index contributed by atoms with van der Waals surface area (Å²) in [7, 11) is 0. The molecule has 5 rings (SSSR count). The van der Waals surface area contributed by atoms with Crippen LogP contribution in [-0.4, -0.2) is 29.6 Å². The first-order chi connectivity index (χ1) is 20.4. The molecule has 5 aromatic rings. The molecule has 11 heteroatoms. The molecule has 0 aliphatic rings. The Kier molecular flexibility index (Phi) is 9.17. The van der Waals surface area contributed by atoms with Crippen LogP contribution in [0.2, 0.25) is 5.02 Å². The summed E-state index contributed by atoms with van der Waals surface area (Å²) in [5.41, 5.74) is 6.23. The number of hydrazone groups is 1. The maximum Gasteiger partial charge on any atom is 0.271 e. The zero-order valence-electron chi connectivity index (χ0n) is 21.9. The molecule has 0 radical (unpaired) electrons. The van der Waals surface area contributed by atoms with E-state index in [1.54, 1.807) is 36.4 Å². The van der Waals surface area contributed by atoms with Gasteiger partial charge in [-0.2, -0.15) is 5.10 Å². The van der Waals surface area contributed by atoms with Crippen LogP contribution in [0.1, 0.15) is 15.9 Å². The fourth-order valence-corrected chi connectivity index (χ4v) is 4.72. The monoisotopic (exact) mass is 599 g/mol. The molecule has 42 heavy (non-hydrogen) atoms. The van der Waals surface area contributed by atoms with Crippen LogP contribution < -0.4 is 20.8 Å². The molecule has 0 fully saturated rings. The van der Waals surface area contributed by atoms with Gasteiger partial charge in [-0.05, 0) is 60.2 Å². The van der Waals surface area contributed by atoms with Crippen LogP contribution in [0.3, 0.4) is 0 Å². The minimum absolute atomic E-state index is 0.0619. The van der Waals surface area contributed by atoms with Crippen LogP contribution >= 0.6 is 22.9 Å². The lowest BCUT2D eigenvalue weighted by Crippen LogP contribution is -2.20. The highest BCUT2D eigenvalue weighted by Gasteiger charge is 2.10. The molecule has 8 nitrogen and oxygen atoms in total. The van der Waals surface area contributed by atoms with Gasteiger partial charge in [-0.1, -0.05) is 54.1 Å². The standard InChI is InChI=1S/C31H23ClFN5O3S/c32-24-16-20(10-15-28(24)41-18-29(39)36-26-9-5-4-8-25(26)33)17-34-38-30(40)22-13-11-21(12-14-22)27-19-42-31(37-27)35-23-6-2-1-3-7-23/h1-17,19H,18H2,(H,35,37)(H,36,39)(H,38,40)/b34-17+. The average molecular weight is 600 g/mol. The number of nitrogens with zero attached hydrogens (tertiary/aromatic N) is 2. The number of carbonyl (C=O) groups is 2. The quantitative estimate of drug-likeness (QED) is 0.117. The molecule has 0 saturated carbocycles. The second kappa shape index (κ2) is 13.5. The van der Waals surface area contributed by atoms with E-state index in [4.69, 9.17) is 16.3 Å². The van der Waals surface area contributed by atoms with E-state index in [0.29, 0.717) is 11.1 Å². The molecule has 0 atom stereocenters. The number of rotatable bonds is 10. The third-order valence-electron chi connectivity index (χ3n) is 5.81. The predicted octanol–water partition coefficient (Wildman–Crippen LogP) is 7.13. The Bertz CT molecular complexity index is 1730. The number of hydrogen-bond acceptors (Lipinski definition) is 7. The van der Waals surface area contributed by atoms with Gasteiger partial charge < -0.3 is 15.4 Å². The summed E-state index contributed by atoms with van der Waals surface area (Å²) in [6.45, 7) is -0.357. The van der Waals surface area contributed by atoms with Gasteiger partial charge in [-0.25, -0.2) is 14.8 Å². The van der Waals surface area contributed by atoms with E-state index >= 15 is 0 Å². The highest BCUT2D eigenvalue weighted by molar-refractivity contribution is 7.14. The van der Waals surface area contributed by atoms with Gasteiger partial charge >= 0.3 is 0 Å². The summed E-state index contributed by atoms with van der Waals surface area (Å²) in [6.07, 6.45) is 1.43. The lowest BCUT2D eigenvalue weighted by atomic mass is 10.1. The minimum Gasteiger partial charge on any atom is -0.482 e. The Balaban J connectivity index is 1.11. The molecule has 0 bridgehead atoms.